The zero-order chi connectivity index (χ0) is 22.9. The van der Waals surface area contributed by atoms with E-state index in [4.69, 9.17) is 4.74 Å². The highest BCUT2D eigenvalue weighted by Gasteiger charge is 2.35. The van der Waals surface area contributed by atoms with Gasteiger partial charge in [-0.2, -0.15) is 13.2 Å². The topological polar surface area (TPSA) is 54.4 Å². The fourth-order valence-corrected chi connectivity index (χ4v) is 3.93. The van der Waals surface area contributed by atoms with Gasteiger partial charge in [-0.15, -0.1) is 0 Å². The predicted molar refractivity (Wildman–Crippen MR) is 108 cm³/mol. The number of nitrogens with one attached hydrogen (secondary N) is 1. The molecule has 1 saturated carbocycles. The SMILES string of the molecule is OCCc1cc(F)c(CN[C@H]2C[C@H](Oc3ccc(F)c(C(F)(F)F)c3)C2)c2ccncc12. The van der Waals surface area contributed by atoms with Crippen LogP contribution in [0.3, 0.4) is 0 Å². The van der Waals surface area contributed by atoms with E-state index in [1.165, 1.54) is 12.1 Å². The lowest BCUT2D eigenvalue weighted by Gasteiger charge is -2.36. The molecule has 0 aliphatic heterocycles. The third-order valence-electron chi connectivity index (χ3n) is 5.67. The second-order valence-electron chi connectivity index (χ2n) is 7.82. The van der Waals surface area contributed by atoms with E-state index in [-0.39, 0.29) is 36.9 Å². The summed E-state index contributed by atoms with van der Waals surface area (Å²) in [6, 6.07) is 5.74. The largest absolute Gasteiger partial charge is 0.490 e. The lowest BCUT2D eigenvalue weighted by molar-refractivity contribution is -0.140. The average Bonchev–Trinajstić information content (AvgIpc) is 2.71. The first-order valence-corrected chi connectivity index (χ1v) is 10.2. The summed E-state index contributed by atoms with van der Waals surface area (Å²) in [5, 5.41) is 14.0. The minimum atomic E-state index is -4.79. The molecule has 3 aromatic rings. The zero-order valence-electron chi connectivity index (χ0n) is 16.9. The molecule has 0 bridgehead atoms. The van der Waals surface area contributed by atoms with Crippen LogP contribution in [-0.2, 0) is 19.1 Å². The van der Waals surface area contributed by atoms with Crippen LogP contribution in [0.15, 0.2) is 42.7 Å². The molecule has 1 aliphatic rings. The van der Waals surface area contributed by atoms with Crippen molar-refractivity contribution in [3.05, 3.63) is 71.1 Å². The normalized spacial score (nSPS) is 18.6. The Morgan fingerprint density at radius 3 is 2.56 bits per heavy atom. The molecule has 0 spiro atoms. The number of aliphatic hydroxyl groups excluding tert-OH is 1. The molecule has 2 aromatic carbocycles. The Morgan fingerprint density at radius 2 is 1.84 bits per heavy atom. The molecule has 0 saturated heterocycles. The number of aliphatic hydroxyl groups is 1. The van der Waals surface area contributed by atoms with Crippen molar-refractivity contribution in [1.82, 2.24) is 10.3 Å². The Balaban J connectivity index is 1.38. The van der Waals surface area contributed by atoms with Gasteiger partial charge in [0.05, 0.1) is 5.56 Å². The quantitative estimate of drug-likeness (QED) is 0.508. The number of benzene rings is 2. The summed E-state index contributed by atoms with van der Waals surface area (Å²) in [5.41, 5.74) is -0.182. The lowest BCUT2D eigenvalue weighted by atomic mass is 9.88. The lowest BCUT2D eigenvalue weighted by Crippen LogP contribution is -2.46. The Bertz CT molecular complexity index is 1110. The number of ether oxygens (including phenoxy) is 1. The van der Waals surface area contributed by atoms with Gasteiger partial charge in [0, 0.05) is 42.5 Å². The zero-order valence-corrected chi connectivity index (χ0v) is 16.9. The van der Waals surface area contributed by atoms with Crippen molar-refractivity contribution < 1.29 is 31.8 Å². The van der Waals surface area contributed by atoms with Crippen molar-refractivity contribution >= 4 is 10.8 Å². The van der Waals surface area contributed by atoms with Gasteiger partial charge in [-0.3, -0.25) is 4.98 Å². The maximum atomic E-state index is 14.7. The molecule has 0 unspecified atom stereocenters. The molecule has 1 aliphatic carbocycles. The molecule has 0 atom stereocenters. The van der Waals surface area contributed by atoms with Crippen LogP contribution in [0.4, 0.5) is 22.0 Å². The monoisotopic (exact) mass is 452 g/mol. The van der Waals surface area contributed by atoms with E-state index in [0.29, 0.717) is 41.8 Å². The maximum Gasteiger partial charge on any atom is 0.419 e. The number of fused-ring (bicyclic) bond motifs is 1. The van der Waals surface area contributed by atoms with Crippen LogP contribution in [0.5, 0.6) is 5.75 Å². The molecule has 1 aromatic heterocycles. The average molecular weight is 452 g/mol. The van der Waals surface area contributed by atoms with Gasteiger partial charge in [0.15, 0.2) is 0 Å². The Labute approximate surface area is 181 Å². The second-order valence-corrected chi connectivity index (χ2v) is 7.82. The summed E-state index contributed by atoms with van der Waals surface area (Å²) in [7, 11) is 0. The Hall–Kier alpha value is -2.78. The fourth-order valence-electron chi connectivity index (χ4n) is 3.93. The third kappa shape index (κ3) is 4.68. The Morgan fingerprint density at radius 1 is 1.06 bits per heavy atom. The van der Waals surface area contributed by atoms with Crippen LogP contribution in [0, 0.1) is 11.6 Å². The van der Waals surface area contributed by atoms with E-state index < -0.39 is 17.6 Å². The molecular weight excluding hydrogens is 431 g/mol. The van der Waals surface area contributed by atoms with Crippen molar-refractivity contribution in [2.45, 2.75) is 44.1 Å². The molecule has 2 N–H and O–H groups in total. The molecule has 0 amide bonds. The first-order valence-electron chi connectivity index (χ1n) is 10.2. The molecule has 1 fully saturated rings. The molecule has 170 valence electrons. The highest BCUT2D eigenvalue weighted by atomic mass is 19.4. The minimum absolute atomic E-state index is 0.0101. The van der Waals surface area contributed by atoms with E-state index in [0.717, 1.165) is 11.5 Å². The molecule has 9 heteroatoms. The summed E-state index contributed by atoms with van der Waals surface area (Å²) in [4.78, 5) is 4.09. The molecule has 1 heterocycles. The van der Waals surface area contributed by atoms with Crippen molar-refractivity contribution in [3.8, 4) is 5.75 Å². The minimum Gasteiger partial charge on any atom is -0.490 e. The number of nitrogens with zero attached hydrogens (tertiary/aromatic N) is 1. The predicted octanol–water partition coefficient (Wildman–Crippen LogP) is 4.77. The van der Waals surface area contributed by atoms with Gasteiger partial charge in [0.1, 0.15) is 23.5 Å². The molecule has 4 nitrogen and oxygen atoms in total. The van der Waals surface area contributed by atoms with Crippen molar-refractivity contribution in [3.63, 3.8) is 0 Å². The third-order valence-corrected chi connectivity index (χ3v) is 5.67. The maximum absolute atomic E-state index is 14.7. The first kappa shape index (κ1) is 22.4. The first-order chi connectivity index (χ1) is 15.3. The number of hydrogen-bond acceptors (Lipinski definition) is 4. The summed E-state index contributed by atoms with van der Waals surface area (Å²) < 4.78 is 72.2. The highest BCUT2D eigenvalue weighted by molar-refractivity contribution is 5.88. The van der Waals surface area contributed by atoms with E-state index in [1.54, 1.807) is 18.5 Å². The van der Waals surface area contributed by atoms with Gasteiger partial charge in [0.25, 0.3) is 0 Å². The summed E-state index contributed by atoms with van der Waals surface area (Å²) in [5.74, 6) is -1.75. The van der Waals surface area contributed by atoms with E-state index in [9.17, 15) is 27.1 Å². The van der Waals surface area contributed by atoms with E-state index in [2.05, 4.69) is 10.3 Å². The fraction of sp³-hybridized carbons (Fsp3) is 0.348. The number of aromatic nitrogens is 1. The van der Waals surface area contributed by atoms with Crippen LogP contribution in [0.25, 0.3) is 10.8 Å². The standard InChI is InChI=1S/C23H21F5N2O2/c24-21-2-1-15(10-20(21)23(26,27)28)32-16-8-14(9-16)30-12-19-17-3-5-29-11-18(17)13(4-6-31)7-22(19)25/h1-3,5,7,10-11,14,16,30-31H,4,6,8-9,12H2/t14-,16-. The van der Waals surface area contributed by atoms with Gasteiger partial charge in [-0.25, -0.2) is 8.78 Å². The van der Waals surface area contributed by atoms with Crippen LogP contribution in [0.1, 0.15) is 29.5 Å². The van der Waals surface area contributed by atoms with Crippen molar-refractivity contribution in [2.24, 2.45) is 0 Å². The number of halogens is 5. The van der Waals surface area contributed by atoms with Gasteiger partial charge in [-0.05, 0) is 60.5 Å². The number of pyridine rings is 1. The smallest absolute Gasteiger partial charge is 0.419 e. The van der Waals surface area contributed by atoms with Gasteiger partial charge in [-0.1, -0.05) is 0 Å². The van der Waals surface area contributed by atoms with Gasteiger partial charge >= 0.3 is 6.18 Å². The second kappa shape index (κ2) is 8.99. The van der Waals surface area contributed by atoms with Crippen LogP contribution >= 0.6 is 0 Å². The molecule has 4 rings (SSSR count). The van der Waals surface area contributed by atoms with Gasteiger partial charge < -0.3 is 15.2 Å². The van der Waals surface area contributed by atoms with Crippen LogP contribution in [0.2, 0.25) is 0 Å². The molecular formula is C23H21F5N2O2. The summed E-state index contributed by atoms with van der Waals surface area (Å²) in [6.45, 7) is 0.168. The van der Waals surface area contributed by atoms with E-state index in [1.807, 2.05) is 0 Å². The summed E-state index contributed by atoms with van der Waals surface area (Å²) >= 11 is 0. The van der Waals surface area contributed by atoms with Crippen LogP contribution < -0.4 is 10.1 Å². The number of hydrogen-bond donors (Lipinski definition) is 2. The van der Waals surface area contributed by atoms with Crippen molar-refractivity contribution in [1.29, 1.82) is 0 Å². The highest BCUT2D eigenvalue weighted by Crippen LogP contribution is 2.35. The van der Waals surface area contributed by atoms with E-state index >= 15 is 0 Å². The Kier molecular flexibility index (Phi) is 6.30. The molecule has 32 heavy (non-hydrogen) atoms. The van der Waals surface area contributed by atoms with Crippen molar-refractivity contribution in [2.75, 3.05) is 6.61 Å². The summed E-state index contributed by atoms with van der Waals surface area (Å²) in [6.07, 6.45) is -0.481. The number of alkyl halides is 3. The number of rotatable bonds is 7. The molecule has 0 radical (unpaired) electrons. The van der Waals surface area contributed by atoms with Crippen LogP contribution in [-0.4, -0.2) is 28.8 Å². The van der Waals surface area contributed by atoms with Gasteiger partial charge in [0.2, 0.25) is 0 Å².